The normalized spacial score (nSPS) is 20.8. The summed E-state index contributed by atoms with van der Waals surface area (Å²) in [6, 6.07) is 11.1. The molecular weight excluding hydrogens is 420 g/mol. The third kappa shape index (κ3) is 5.69. The Hall–Kier alpha value is -2.40. The van der Waals surface area contributed by atoms with E-state index >= 15 is 0 Å². The monoisotopic (exact) mass is 453 g/mol. The van der Waals surface area contributed by atoms with Gasteiger partial charge in [0.15, 0.2) is 6.10 Å². The molecule has 2 heterocycles. The molecule has 32 heavy (non-hydrogen) atoms. The standard InChI is InChI=1S/C25H33N2O4Si/c1-24(2,3)14-20(31-32(6)7)17-10-11-27-21(13-17)29-22-18-12-16(15-26)8-9-19(18)30-25(4,5)23(22)28/h8-13,20,22-23,28H,14H2,1-7H3/t20?,22-,23+/m0/s1. The highest BCUT2D eigenvalue weighted by atomic mass is 28.3. The predicted molar refractivity (Wildman–Crippen MR) is 125 cm³/mol. The maximum Gasteiger partial charge on any atom is 0.214 e. The lowest BCUT2D eigenvalue weighted by atomic mass is 9.87. The first-order chi connectivity index (χ1) is 14.9. The van der Waals surface area contributed by atoms with Gasteiger partial charge in [-0.2, -0.15) is 5.26 Å². The fourth-order valence-electron chi connectivity index (χ4n) is 3.83. The zero-order chi connectivity index (χ0) is 23.7. The number of aliphatic hydroxyl groups is 1. The summed E-state index contributed by atoms with van der Waals surface area (Å²) in [5.74, 6) is 1.000. The molecule has 0 aliphatic carbocycles. The molecule has 1 N–H and O–H groups in total. The Morgan fingerprint density at radius 1 is 1.25 bits per heavy atom. The first-order valence-electron chi connectivity index (χ1n) is 10.9. The molecule has 1 unspecified atom stereocenters. The zero-order valence-electron chi connectivity index (χ0n) is 20.0. The number of hydrogen-bond acceptors (Lipinski definition) is 6. The molecule has 7 heteroatoms. The Kier molecular flexibility index (Phi) is 6.99. The molecule has 0 bridgehead atoms. The number of aliphatic hydroxyl groups excluding tert-OH is 1. The van der Waals surface area contributed by atoms with Gasteiger partial charge < -0.3 is 19.0 Å². The summed E-state index contributed by atoms with van der Waals surface area (Å²) in [5, 5.41) is 20.4. The largest absolute Gasteiger partial charge is 0.485 e. The van der Waals surface area contributed by atoms with E-state index in [1.54, 1.807) is 24.4 Å². The lowest BCUT2D eigenvalue weighted by molar-refractivity contribution is -0.104. The van der Waals surface area contributed by atoms with Crippen molar-refractivity contribution in [3.05, 3.63) is 53.2 Å². The van der Waals surface area contributed by atoms with Crippen molar-refractivity contribution in [2.24, 2.45) is 5.41 Å². The first-order valence-corrected chi connectivity index (χ1v) is 13.3. The molecule has 1 aromatic carbocycles. The predicted octanol–water partition coefficient (Wildman–Crippen LogP) is 5.35. The van der Waals surface area contributed by atoms with E-state index < -0.39 is 26.8 Å². The number of aromatic nitrogens is 1. The molecular formula is C25H33N2O4Si. The van der Waals surface area contributed by atoms with Gasteiger partial charge in [0.05, 0.1) is 17.7 Å². The van der Waals surface area contributed by atoms with E-state index in [0.717, 1.165) is 12.0 Å². The van der Waals surface area contributed by atoms with Gasteiger partial charge in [0.2, 0.25) is 14.9 Å². The highest BCUT2D eigenvalue weighted by Gasteiger charge is 2.44. The van der Waals surface area contributed by atoms with Crippen LogP contribution in [0.2, 0.25) is 13.1 Å². The van der Waals surface area contributed by atoms with E-state index in [9.17, 15) is 10.4 Å². The highest BCUT2D eigenvalue weighted by Crippen LogP contribution is 2.42. The summed E-state index contributed by atoms with van der Waals surface area (Å²) in [7, 11) is -0.911. The van der Waals surface area contributed by atoms with Crippen LogP contribution < -0.4 is 9.47 Å². The first kappa shape index (κ1) is 24.2. The number of ether oxygens (including phenoxy) is 2. The van der Waals surface area contributed by atoms with Crippen LogP contribution in [-0.4, -0.2) is 30.8 Å². The molecule has 0 fully saturated rings. The molecule has 1 aliphatic heterocycles. The maximum atomic E-state index is 11.0. The summed E-state index contributed by atoms with van der Waals surface area (Å²) in [4.78, 5) is 4.40. The Morgan fingerprint density at radius 2 is 1.97 bits per heavy atom. The third-order valence-electron chi connectivity index (χ3n) is 5.37. The molecule has 2 aromatic rings. The number of hydrogen-bond donors (Lipinski definition) is 1. The third-order valence-corrected chi connectivity index (χ3v) is 6.13. The number of benzene rings is 1. The van der Waals surface area contributed by atoms with E-state index in [1.165, 1.54) is 0 Å². The lowest BCUT2D eigenvalue weighted by Crippen LogP contribution is -2.50. The highest BCUT2D eigenvalue weighted by molar-refractivity contribution is 6.48. The number of fused-ring (bicyclic) bond motifs is 1. The fourth-order valence-corrected chi connectivity index (χ4v) is 4.62. The van der Waals surface area contributed by atoms with Crippen LogP contribution in [0, 0.1) is 16.7 Å². The molecule has 1 radical (unpaired) electrons. The van der Waals surface area contributed by atoms with E-state index in [4.69, 9.17) is 13.9 Å². The Balaban J connectivity index is 1.95. The number of nitriles is 1. The van der Waals surface area contributed by atoms with Gasteiger partial charge in [-0.1, -0.05) is 20.8 Å². The molecule has 1 aliphatic rings. The Labute approximate surface area is 192 Å². The van der Waals surface area contributed by atoms with Crippen LogP contribution in [0.25, 0.3) is 0 Å². The van der Waals surface area contributed by atoms with Gasteiger partial charge in [0.25, 0.3) is 0 Å². The molecule has 3 rings (SSSR count). The fraction of sp³-hybridized carbons (Fsp3) is 0.520. The minimum absolute atomic E-state index is 0.0576. The molecule has 171 valence electrons. The molecule has 1 aromatic heterocycles. The van der Waals surface area contributed by atoms with Crippen LogP contribution >= 0.6 is 0 Å². The van der Waals surface area contributed by atoms with Gasteiger partial charge in [0, 0.05) is 17.8 Å². The van der Waals surface area contributed by atoms with Crippen LogP contribution in [0.15, 0.2) is 36.5 Å². The van der Waals surface area contributed by atoms with Gasteiger partial charge in [-0.3, -0.25) is 0 Å². The molecule has 0 spiro atoms. The number of pyridine rings is 1. The molecule has 6 nitrogen and oxygen atoms in total. The summed E-state index contributed by atoms with van der Waals surface area (Å²) in [6.45, 7) is 14.5. The van der Waals surface area contributed by atoms with Crippen molar-refractivity contribution >= 4 is 9.04 Å². The van der Waals surface area contributed by atoms with Crippen LogP contribution in [0.3, 0.4) is 0 Å². The van der Waals surface area contributed by atoms with Gasteiger partial charge >= 0.3 is 0 Å². The van der Waals surface area contributed by atoms with Gasteiger partial charge in [-0.05, 0) is 68.6 Å². The topological polar surface area (TPSA) is 84.6 Å². The van der Waals surface area contributed by atoms with Crippen LogP contribution in [0.1, 0.15) is 69.9 Å². The SMILES string of the molecule is C[Si](C)OC(CC(C)(C)C)c1ccnc(O[C@H]2c3cc(C#N)ccc3OC(C)(C)[C@@H]2O)c1. The van der Waals surface area contributed by atoms with Crippen molar-refractivity contribution in [1.82, 2.24) is 4.98 Å². The summed E-state index contributed by atoms with van der Waals surface area (Å²) >= 11 is 0. The molecule has 0 saturated heterocycles. The summed E-state index contributed by atoms with van der Waals surface area (Å²) in [5.41, 5.74) is 1.36. The maximum absolute atomic E-state index is 11.0. The van der Waals surface area contributed by atoms with Gasteiger partial charge in [-0.25, -0.2) is 4.98 Å². The minimum Gasteiger partial charge on any atom is -0.485 e. The van der Waals surface area contributed by atoms with Crippen molar-refractivity contribution in [3.8, 4) is 17.7 Å². The van der Waals surface area contributed by atoms with E-state index in [1.807, 2.05) is 26.0 Å². The van der Waals surface area contributed by atoms with Crippen LogP contribution in [0.4, 0.5) is 0 Å². The molecule has 0 amide bonds. The summed E-state index contributed by atoms with van der Waals surface area (Å²) in [6.07, 6.45) is 0.858. The average Bonchev–Trinajstić information content (AvgIpc) is 2.69. The van der Waals surface area contributed by atoms with Gasteiger partial charge in [-0.15, -0.1) is 0 Å². The molecule has 0 saturated carbocycles. The van der Waals surface area contributed by atoms with Gasteiger partial charge in [0.1, 0.15) is 17.5 Å². The second-order valence-electron chi connectivity index (χ2n) is 10.3. The lowest BCUT2D eigenvalue weighted by Gasteiger charge is -2.41. The number of rotatable bonds is 6. The zero-order valence-corrected chi connectivity index (χ0v) is 21.0. The average molecular weight is 454 g/mol. The molecule has 3 atom stereocenters. The van der Waals surface area contributed by atoms with Crippen LogP contribution in [0.5, 0.6) is 11.6 Å². The quantitative estimate of drug-likeness (QED) is 0.594. The second-order valence-corrected chi connectivity index (χ2v) is 12.3. The van der Waals surface area contributed by atoms with Crippen LogP contribution in [-0.2, 0) is 4.43 Å². The van der Waals surface area contributed by atoms with E-state index in [2.05, 4.69) is 44.9 Å². The van der Waals surface area contributed by atoms with Crippen molar-refractivity contribution in [2.75, 3.05) is 0 Å². The number of nitrogens with zero attached hydrogens (tertiary/aromatic N) is 2. The second kappa shape index (κ2) is 9.22. The minimum atomic E-state index is -0.947. The van der Waals surface area contributed by atoms with Crippen molar-refractivity contribution < 1.29 is 19.0 Å². The summed E-state index contributed by atoms with van der Waals surface area (Å²) < 4.78 is 18.6. The Morgan fingerprint density at radius 3 is 2.59 bits per heavy atom. The van der Waals surface area contributed by atoms with E-state index in [-0.39, 0.29) is 11.5 Å². The van der Waals surface area contributed by atoms with Crippen molar-refractivity contribution in [2.45, 2.75) is 78.0 Å². The smallest absolute Gasteiger partial charge is 0.214 e. The van der Waals surface area contributed by atoms with E-state index in [0.29, 0.717) is 22.8 Å². The van der Waals surface area contributed by atoms with Crippen molar-refractivity contribution in [3.63, 3.8) is 0 Å². The van der Waals surface area contributed by atoms with Crippen molar-refractivity contribution in [1.29, 1.82) is 5.26 Å². The Bertz CT molecular complexity index is 994.